The third kappa shape index (κ3) is 2.07. The summed E-state index contributed by atoms with van der Waals surface area (Å²) < 4.78 is 5.48. The molecule has 59 valence electrons. The van der Waals surface area contributed by atoms with Crippen molar-refractivity contribution < 1.29 is 9.53 Å². The van der Waals surface area contributed by atoms with E-state index in [1.54, 1.807) is 0 Å². The summed E-state index contributed by atoms with van der Waals surface area (Å²) in [4.78, 5) is 0. The molecular weight excluding hydrogens is 144 g/mol. The molecule has 1 rings (SSSR count). The first kappa shape index (κ1) is 8.24. The summed E-state index contributed by atoms with van der Waals surface area (Å²) >= 11 is 0. The highest BCUT2D eigenvalue weighted by molar-refractivity contribution is 6.53. The molecule has 1 heterocycles. The van der Waals surface area contributed by atoms with Gasteiger partial charge in [0, 0.05) is 6.61 Å². The second kappa shape index (κ2) is 4.11. The Morgan fingerprint density at radius 1 is 1.60 bits per heavy atom. The van der Waals surface area contributed by atoms with Crippen molar-refractivity contribution in [3.8, 4) is 0 Å². The van der Waals surface area contributed by atoms with Gasteiger partial charge in [-0.2, -0.15) is 0 Å². The van der Waals surface area contributed by atoms with Crippen LogP contribution in [0.5, 0.6) is 0 Å². The van der Waals surface area contributed by atoms with Crippen molar-refractivity contribution in [2.75, 3.05) is 6.61 Å². The topological polar surface area (TPSA) is 29.5 Å². The standard InChI is InChI=1S/C7H15O2Si/c1-2-7(8)10-6-4-3-5-9-10/h7-8H,2-6H2,1H3. The zero-order valence-electron chi connectivity index (χ0n) is 6.47. The number of hydrogen-bond donors (Lipinski definition) is 1. The Balaban J connectivity index is 2.24. The maximum absolute atomic E-state index is 9.40. The minimum atomic E-state index is -0.821. The van der Waals surface area contributed by atoms with Gasteiger partial charge in [0.05, 0.1) is 5.73 Å². The lowest BCUT2D eigenvalue weighted by molar-refractivity contribution is 0.188. The molecule has 1 fully saturated rings. The maximum Gasteiger partial charge on any atom is 0.241 e. The van der Waals surface area contributed by atoms with Crippen LogP contribution >= 0.6 is 0 Å². The summed E-state index contributed by atoms with van der Waals surface area (Å²) in [5.74, 6) is 0. The fraction of sp³-hybridized carbons (Fsp3) is 1.00. The lowest BCUT2D eigenvalue weighted by Crippen LogP contribution is -2.36. The largest absolute Gasteiger partial charge is 0.414 e. The molecule has 0 aliphatic carbocycles. The SMILES string of the molecule is CCC(O)[Si]1CCCCO1. The summed E-state index contributed by atoms with van der Waals surface area (Å²) in [7, 11) is -0.821. The first-order chi connectivity index (χ1) is 4.84. The number of hydrogen-bond acceptors (Lipinski definition) is 2. The van der Waals surface area contributed by atoms with E-state index < -0.39 is 9.04 Å². The normalized spacial score (nSPS) is 24.6. The molecule has 0 aromatic rings. The third-order valence-electron chi connectivity index (χ3n) is 1.86. The van der Waals surface area contributed by atoms with Crippen LogP contribution in [0.1, 0.15) is 26.2 Å². The van der Waals surface area contributed by atoms with Crippen molar-refractivity contribution in [3.05, 3.63) is 0 Å². The van der Waals surface area contributed by atoms with Gasteiger partial charge in [0.2, 0.25) is 9.04 Å². The van der Waals surface area contributed by atoms with Crippen LogP contribution in [0, 0.1) is 0 Å². The van der Waals surface area contributed by atoms with Gasteiger partial charge < -0.3 is 9.53 Å². The highest BCUT2D eigenvalue weighted by atomic mass is 28.3. The molecule has 2 nitrogen and oxygen atoms in total. The average molecular weight is 159 g/mol. The van der Waals surface area contributed by atoms with Gasteiger partial charge in [0.25, 0.3) is 0 Å². The summed E-state index contributed by atoms with van der Waals surface area (Å²) in [6.07, 6.45) is 3.30. The fourth-order valence-electron chi connectivity index (χ4n) is 1.17. The summed E-state index contributed by atoms with van der Waals surface area (Å²) in [5, 5.41) is 9.40. The van der Waals surface area contributed by atoms with Crippen molar-refractivity contribution in [2.45, 2.75) is 38.0 Å². The van der Waals surface area contributed by atoms with Gasteiger partial charge in [-0.05, 0) is 18.9 Å². The maximum atomic E-state index is 9.40. The van der Waals surface area contributed by atoms with E-state index in [1.165, 1.54) is 12.8 Å². The summed E-state index contributed by atoms with van der Waals surface area (Å²) in [6.45, 7) is 2.89. The van der Waals surface area contributed by atoms with Crippen LogP contribution in [0.25, 0.3) is 0 Å². The van der Waals surface area contributed by atoms with Crippen LogP contribution < -0.4 is 0 Å². The van der Waals surface area contributed by atoms with Crippen LogP contribution in [0.2, 0.25) is 6.04 Å². The number of rotatable bonds is 2. The molecule has 0 bridgehead atoms. The van der Waals surface area contributed by atoms with Crippen LogP contribution in [-0.4, -0.2) is 26.5 Å². The molecule has 1 radical (unpaired) electrons. The highest BCUT2D eigenvalue weighted by Crippen LogP contribution is 2.14. The highest BCUT2D eigenvalue weighted by Gasteiger charge is 2.24. The molecule has 0 aromatic carbocycles. The average Bonchev–Trinajstić information content (AvgIpc) is 2.05. The summed E-state index contributed by atoms with van der Waals surface area (Å²) in [5.41, 5.74) is -0.134. The lowest BCUT2D eigenvalue weighted by atomic mass is 10.4. The molecule has 0 spiro atoms. The van der Waals surface area contributed by atoms with E-state index in [1.807, 2.05) is 6.92 Å². The van der Waals surface area contributed by atoms with Gasteiger partial charge in [-0.15, -0.1) is 0 Å². The number of aliphatic hydroxyl groups excluding tert-OH is 1. The Bertz CT molecular complexity index is 91.6. The van der Waals surface area contributed by atoms with Crippen LogP contribution in [0.3, 0.4) is 0 Å². The molecule has 1 atom stereocenters. The molecule has 1 aliphatic heterocycles. The molecule has 3 heteroatoms. The van der Waals surface area contributed by atoms with E-state index in [9.17, 15) is 5.11 Å². The van der Waals surface area contributed by atoms with E-state index >= 15 is 0 Å². The van der Waals surface area contributed by atoms with Crippen molar-refractivity contribution in [3.63, 3.8) is 0 Å². The van der Waals surface area contributed by atoms with Gasteiger partial charge in [-0.1, -0.05) is 13.3 Å². The first-order valence-electron chi connectivity index (χ1n) is 4.01. The van der Waals surface area contributed by atoms with Crippen molar-refractivity contribution in [2.24, 2.45) is 0 Å². The zero-order chi connectivity index (χ0) is 7.40. The lowest BCUT2D eigenvalue weighted by Gasteiger charge is -2.23. The Morgan fingerprint density at radius 2 is 2.40 bits per heavy atom. The predicted octanol–water partition coefficient (Wildman–Crippen LogP) is 1.10. The Hall–Kier alpha value is 0.137. The minimum Gasteiger partial charge on any atom is -0.414 e. The Labute approximate surface area is 63.9 Å². The van der Waals surface area contributed by atoms with Gasteiger partial charge in [0.15, 0.2) is 0 Å². The van der Waals surface area contributed by atoms with Gasteiger partial charge in [0.1, 0.15) is 0 Å². The minimum absolute atomic E-state index is 0.134. The van der Waals surface area contributed by atoms with E-state index in [0.717, 1.165) is 19.1 Å². The molecule has 1 unspecified atom stereocenters. The molecule has 0 amide bonds. The Kier molecular flexibility index (Phi) is 3.38. The molecule has 0 aromatic heterocycles. The van der Waals surface area contributed by atoms with Crippen molar-refractivity contribution in [1.29, 1.82) is 0 Å². The van der Waals surface area contributed by atoms with Crippen LogP contribution in [-0.2, 0) is 4.43 Å². The molecule has 1 N–H and O–H groups in total. The molecule has 10 heavy (non-hydrogen) atoms. The molecular formula is C7H15O2Si. The third-order valence-corrected chi connectivity index (χ3v) is 4.44. The van der Waals surface area contributed by atoms with Gasteiger partial charge in [-0.3, -0.25) is 0 Å². The Morgan fingerprint density at radius 3 is 2.90 bits per heavy atom. The number of aliphatic hydroxyl groups is 1. The van der Waals surface area contributed by atoms with Crippen LogP contribution in [0.15, 0.2) is 0 Å². The molecule has 0 saturated carbocycles. The van der Waals surface area contributed by atoms with E-state index in [4.69, 9.17) is 4.43 Å². The van der Waals surface area contributed by atoms with Gasteiger partial charge >= 0.3 is 0 Å². The monoisotopic (exact) mass is 159 g/mol. The van der Waals surface area contributed by atoms with Crippen molar-refractivity contribution in [1.82, 2.24) is 0 Å². The van der Waals surface area contributed by atoms with E-state index in [-0.39, 0.29) is 5.73 Å². The molecule has 1 saturated heterocycles. The van der Waals surface area contributed by atoms with Gasteiger partial charge in [-0.25, -0.2) is 0 Å². The smallest absolute Gasteiger partial charge is 0.241 e. The second-order valence-electron chi connectivity index (χ2n) is 2.70. The molecule has 1 aliphatic rings. The van der Waals surface area contributed by atoms with E-state index in [2.05, 4.69) is 0 Å². The second-order valence-corrected chi connectivity index (χ2v) is 5.08. The van der Waals surface area contributed by atoms with Crippen LogP contribution in [0.4, 0.5) is 0 Å². The first-order valence-corrected chi connectivity index (χ1v) is 5.70. The van der Waals surface area contributed by atoms with E-state index in [0.29, 0.717) is 0 Å². The summed E-state index contributed by atoms with van der Waals surface area (Å²) in [6, 6.07) is 1.14. The predicted molar refractivity (Wildman–Crippen MR) is 42.0 cm³/mol. The quantitative estimate of drug-likeness (QED) is 0.611. The fourth-order valence-corrected chi connectivity index (χ4v) is 3.30. The van der Waals surface area contributed by atoms with Crippen molar-refractivity contribution >= 4 is 9.04 Å². The zero-order valence-corrected chi connectivity index (χ0v) is 7.47.